The Hall–Kier alpha value is -0.820. The Balaban J connectivity index is 1.85. The lowest BCUT2D eigenvalue weighted by Gasteiger charge is -2.34. The molecule has 0 unspecified atom stereocenters. The summed E-state index contributed by atoms with van der Waals surface area (Å²) in [4.78, 5) is 15.8. The van der Waals surface area contributed by atoms with Gasteiger partial charge in [0.1, 0.15) is 0 Å². The Labute approximate surface area is 123 Å². The van der Waals surface area contributed by atoms with E-state index in [1.807, 2.05) is 7.05 Å². The lowest BCUT2D eigenvalue weighted by Crippen LogP contribution is -2.48. The van der Waals surface area contributed by atoms with Crippen LogP contribution in [0.25, 0.3) is 0 Å². The highest BCUT2D eigenvalue weighted by Gasteiger charge is 2.32. The first-order valence-electron chi connectivity index (χ1n) is 7.48. The number of alkyl halides is 3. The molecule has 0 aromatic rings. The van der Waals surface area contributed by atoms with Crippen molar-refractivity contribution in [1.82, 2.24) is 9.80 Å². The van der Waals surface area contributed by atoms with E-state index in [0.29, 0.717) is 32.2 Å². The minimum Gasteiger partial charge on any atom is -0.374 e. The normalized spacial score (nSPS) is 24.1. The van der Waals surface area contributed by atoms with E-state index in [1.54, 1.807) is 4.90 Å². The molecule has 1 aliphatic heterocycles. The number of ether oxygens (including phenoxy) is 1. The molecule has 1 amide bonds. The summed E-state index contributed by atoms with van der Waals surface area (Å²) in [6.45, 7) is 3.14. The predicted octanol–water partition coefficient (Wildman–Crippen LogP) is 1.90. The SMILES string of the molecule is CN1CCO[C@H](CN(CC2CC2)C(=O)CCC(F)(F)F)C1. The molecule has 0 aromatic heterocycles. The van der Waals surface area contributed by atoms with E-state index in [0.717, 1.165) is 19.4 Å². The molecule has 4 nitrogen and oxygen atoms in total. The largest absolute Gasteiger partial charge is 0.389 e. The van der Waals surface area contributed by atoms with Crippen molar-refractivity contribution in [2.24, 2.45) is 5.92 Å². The molecule has 0 radical (unpaired) electrons. The van der Waals surface area contributed by atoms with Gasteiger partial charge in [-0.2, -0.15) is 13.2 Å². The summed E-state index contributed by atoms with van der Waals surface area (Å²) >= 11 is 0. The first kappa shape index (κ1) is 16.5. The van der Waals surface area contributed by atoms with Crippen molar-refractivity contribution in [3.63, 3.8) is 0 Å². The third-order valence-electron chi connectivity index (χ3n) is 3.92. The summed E-state index contributed by atoms with van der Waals surface area (Å²) < 4.78 is 42.4. The van der Waals surface area contributed by atoms with Gasteiger partial charge in [-0.1, -0.05) is 0 Å². The van der Waals surface area contributed by atoms with Crippen molar-refractivity contribution in [3.8, 4) is 0 Å². The molecule has 2 rings (SSSR count). The Morgan fingerprint density at radius 3 is 2.62 bits per heavy atom. The van der Waals surface area contributed by atoms with Crippen LogP contribution >= 0.6 is 0 Å². The van der Waals surface area contributed by atoms with Crippen LogP contribution in [-0.4, -0.2) is 67.8 Å². The molecule has 2 aliphatic rings. The van der Waals surface area contributed by atoms with Gasteiger partial charge in [0.2, 0.25) is 5.91 Å². The van der Waals surface area contributed by atoms with E-state index >= 15 is 0 Å². The summed E-state index contributed by atoms with van der Waals surface area (Å²) in [5.74, 6) is 0.0530. The van der Waals surface area contributed by atoms with Crippen molar-refractivity contribution >= 4 is 5.91 Å². The highest BCUT2D eigenvalue weighted by molar-refractivity contribution is 5.76. The molecule has 1 heterocycles. The van der Waals surface area contributed by atoms with Crippen molar-refractivity contribution in [2.45, 2.75) is 38.0 Å². The molecule has 1 atom stereocenters. The smallest absolute Gasteiger partial charge is 0.374 e. The quantitative estimate of drug-likeness (QED) is 0.751. The number of hydrogen-bond acceptors (Lipinski definition) is 3. The van der Waals surface area contributed by atoms with Gasteiger partial charge in [-0.3, -0.25) is 4.79 Å². The second-order valence-electron chi connectivity index (χ2n) is 6.11. The molecule has 0 aromatic carbocycles. The van der Waals surface area contributed by atoms with Crippen LogP contribution in [0.3, 0.4) is 0 Å². The van der Waals surface area contributed by atoms with Crippen LogP contribution in [0.4, 0.5) is 13.2 Å². The van der Waals surface area contributed by atoms with Gasteiger partial charge in [-0.05, 0) is 25.8 Å². The molecule has 7 heteroatoms. The Morgan fingerprint density at radius 1 is 1.33 bits per heavy atom. The summed E-state index contributed by atoms with van der Waals surface area (Å²) in [5, 5.41) is 0. The number of hydrogen-bond donors (Lipinski definition) is 0. The summed E-state index contributed by atoms with van der Waals surface area (Å²) in [7, 11) is 1.98. The topological polar surface area (TPSA) is 32.8 Å². The van der Waals surface area contributed by atoms with Crippen molar-refractivity contribution < 1.29 is 22.7 Å². The number of likely N-dealkylation sites (N-methyl/N-ethyl adjacent to an activating group) is 1. The van der Waals surface area contributed by atoms with Crippen molar-refractivity contribution in [3.05, 3.63) is 0 Å². The zero-order valence-corrected chi connectivity index (χ0v) is 12.4. The number of halogens is 3. The zero-order chi connectivity index (χ0) is 15.5. The molecular formula is C14H23F3N2O2. The van der Waals surface area contributed by atoms with Crippen LogP contribution in [0.1, 0.15) is 25.7 Å². The third-order valence-corrected chi connectivity index (χ3v) is 3.92. The van der Waals surface area contributed by atoms with E-state index in [2.05, 4.69) is 4.90 Å². The number of rotatable bonds is 6. The highest BCUT2D eigenvalue weighted by Crippen LogP contribution is 2.30. The lowest BCUT2D eigenvalue weighted by atomic mass is 10.2. The maximum atomic E-state index is 12.3. The molecule has 1 saturated heterocycles. The van der Waals surface area contributed by atoms with Crippen molar-refractivity contribution in [1.29, 1.82) is 0 Å². The minimum absolute atomic E-state index is 0.0997. The number of morpholine rings is 1. The fraction of sp³-hybridized carbons (Fsp3) is 0.929. The molecule has 122 valence electrons. The predicted molar refractivity (Wildman–Crippen MR) is 71.8 cm³/mol. The van der Waals surface area contributed by atoms with Gasteiger partial charge in [-0.15, -0.1) is 0 Å². The van der Waals surface area contributed by atoms with E-state index in [1.165, 1.54) is 0 Å². The number of carbonyl (C=O) groups excluding carboxylic acids is 1. The standard InChI is InChI=1S/C14H23F3N2O2/c1-18-6-7-21-12(9-18)10-19(8-11-2-3-11)13(20)4-5-14(15,16)17/h11-12H,2-10H2,1H3/t12-/m0/s1. The fourth-order valence-corrected chi connectivity index (χ4v) is 2.52. The van der Waals surface area contributed by atoms with Crippen LogP contribution in [0, 0.1) is 5.92 Å². The minimum atomic E-state index is -4.28. The second-order valence-corrected chi connectivity index (χ2v) is 6.11. The molecule has 0 bridgehead atoms. The lowest BCUT2D eigenvalue weighted by molar-refractivity contribution is -0.150. The average molecular weight is 308 g/mol. The molecule has 2 fully saturated rings. The van der Waals surface area contributed by atoms with Gasteiger partial charge in [0.15, 0.2) is 0 Å². The first-order chi connectivity index (χ1) is 9.83. The summed E-state index contributed by atoms with van der Waals surface area (Å²) in [6, 6.07) is 0. The van der Waals surface area contributed by atoms with E-state index in [4.69, 9.17) is 4.74 Å². The maximum Gasteiger partial charge on any atom is 0.389 e. The molecular weight excluding hydrogens is 285 g/mol. The van der Waals surface area contributed by atoms with Crippen LogP contribution < -0.4 is 0 Å². The van der Waals surface area contributed by atoms with Gasteiger partial charge in [0, 0.05) is 32.6 Å². The molecule has 0 N–H and O–H groups in total. The monoisotopic (exact) mass is 308 g/mol. The Kier molecular flexibility index (Phi) is 5.48. The average Bonchev–Trinajstić information content (AvgIpc) is 3.18. The Bertz CT molecular complexity index is 359. The van der Waals surface area contributed by atoms with Gasteiger partial charge < -0.3 is 14.5 Å². The number of carbonyl (C=O) groups is 1. The molecule has 0 spiro atoms. The number of amides is 1. The third kappa shape index (κ3) is 6.22. The van der Waals surface area contributed by atoms with Crippen LogP contribution in [0.5, 0.6) is 0 Å². The van der Waals surface area contributed by atoms with Gasteiger partial charge in [-0.25, -0.2) is 0 Å². The highest BCUT2D eigenvalue weighted by atomic mass is 19.4. The van der Waals surface area contributed by atoms with Crippen molar-refractivity contribution in [2.75, 3.05) is 39.8 Å². The van der Waals surface area contributed by atoms with E-state index in [9.17, 15) is 18.0 Å². The van der Waals surface area contributed by atoms with Gasteiger partial charge >= 0.3 is 6.18 Å². The molecule has 21 heavy (non-hydrogen) atoms. The second kappa shape index (κ2) is 6.96. The van der Waals surface area contributed by atoms with E-state index < -0.39 is 24.9 Å². The van der Waals surface area contributed by atoms with Crippen LogP contribution in [-0.2, 0) is 9.53 Å². The first-order valence-corrected chi connectivity index (χ1v) is 7.48. The molecule has 1 saturated carbocycles. The van der Waals surface area contributed by atoms with Gasteiger partial charge in [0.05, 0.1) is 19.1 Å². The number of nitrogens with zero attached hydrogens (tertiary/aromatic N) is 2. The maximum absolute atomic E-state index is 12.3. The van der Waals surface area contributed by atoms with Crippen LogP contribution in [0.15, 0.2) is 0 Å². The zero-order valence-electron chi connectivity index (χ0n) is 12.4. The van der Waals surface area contributed by atoms with E-state index in [-0.39, 0.29) is 6.10 Å². The van der Waals surface area contributed by atoms with Crippen LogP contribution in [0.2, 0.25) is 0 Å². The summed E-state index contributed by atoms with van der Waals surface area (Å²) in [6.07, 6.45) is -3.75. The summed E-state index contributed by atoms with van der Waals surface area (Å²) in [5.41, 5.74) is 0. The fourth-order valence-electron chi connectivity index (χ4n) is 2.52. The Morgan fingerprint density at radius 2 is 2.05 bits per heavy atom. The molecule has 1 aliphatic carbocycles. The van der Waals surface area contributed by atoms with Gasteiger partial charge in [0.25, 0.3) is 0 Å².